The predicted molar refractivity (Wildman–Crippen MR) is 59.8 cm³/mol. The molecule has 3 heteroatoms. The number of aliphatic imine (C=N–C) groups is 1. The van der Waals surface area contributed by atoms with E-state index in [1.54, 1.807) is 6.20 Å². The first-order valence-corrected chi connectivity index (χ1v) is 4.89. The van der Waals surface area contributed by atoms with Crippen LogP contribution in [0.3, 0.4) is 0 Å². The van der Waals surface area contributed by atoms with Crippen molar-refractivity contribution in [3.8, 4) is 0 Å². The maximum Gasteiger partial charge on any atom is 0.111 e. The van der Waals surface area contributed by atoms with Crippen molar-refractivity contribution in [2.24, 2.45) is 4.99 Å². The maximum absolute atomic E-state index is 4.30. The van der Waals surface area contributed by atoms with E-state index in [-0.39, 0.29) is 0 Å². The fraction of sp³-hybridized carbons (Fsp3) is 0.364. The van der Waals surface area contributed by atoms with Crippen molar-refractivity contribution >= 4 is 18.0 Å². The Balaban J connectivity index is 2.91. The maximum atomic E-state index is 4.30. The number of allylic oxidation sites excluding steroid dienone is 1. The van der Waals surface area contributed by atoms with Gasteiger partial charge in [-0.25, -0.2) is 0 Å². The van der Waals surface area contributed by atoms with Gasteiger partial charge in [0.1, 0.15) is 5.69 Å². The first-order chi connectivity index (χ1) is 6.88. The van der Waals surface area contributed by atoms with Gasteiger partial charge >= 0.3 is 0 Å². The van der Waals surface area contributed by atoms with Crippen molar-refractivity contribution in [3.63, 3.8) is 0 Å². The van der Waals surface area contributed by atoms with Crippen LogP contribution in [0.15, 0.2) is 23.3 Å². The van der Waals surface area contributed by atoms with Crippen LogP contribution in [0.2, 0.25) is 0 Å². The van der Waals surface area contributed by atoms with Gasteiger partial charge in [0.25, 0.3) is 0 Å². The number of hydrogen-bond donors (Lipinski definition) is 0. The summed E-state index contributed by atoms with van der Waals surface area (Å²) in [5, 5.41) is 7.85. The Bertz CT molecular complexity index is 296. The lowest BCUT2D eigenvalue weighted by molar-refractivity contribution is 1.01. The highest BCUT2D eigenvalue weighted by Gasteiger charge is 1.96. The summed E-state index contributed by atoms with van der Waals surface area (Å²) in [6, 6.07) is 1.87. The molecule has 0 aliphatic heterocycles. The van der Waals surface area contributed by atoms with Gasteiger partial charge in [0, 0.05) is 6.21 Å². The SMILES string of the molecule is CCC=Nc1ccnnc1/C=C\CC. The highest BCUT2D eigenvalue weighted by molar-refractivity contribution is 5.67. The second-order valence-corrected chi connectivity index (χ2v) is 2.83. The summed E-state index contributed by atoms with van der Waals surface area (Å²) in [5.41, 5.74) is 1.71. The molecule has 1 aromatic rings. The van der Waals surface area contributed by atoms with E-state index >= 15 is 0 Å². The zero-order chi connectivity index (χ0) is 10.2. The molecule has 3 nitrogen and oxygen atoms in total. The lowest BCUT2D eigenvalue weighted by atomic mass is 10.3. The number of aromatic nitrogens is 2. The molecule has 1 heterocycles. The molecule has 0 aromatic carbocycles. The highest BCUT2D eigenvalue weighted by Crippen LogP contribution is 2.16. The first-order valence-electron chi connectivity index (χ1n) is 4.89. The van der Waals surface area contributed by atoms with Crippen molar-refractivity contribution < 1.29 is 0 Å². The Labute approximate surface area is 84.6 Å². The summed E-state index contributed by atoms with van der Waals surface area (Å²) < 4.78 is 0. The summed E-state index contributed by atoms with van der Waals surface area (Å²) in [4.78, 5) is 4.30. The van der Waals surface area contributed by atoms with Gasteiger partial charge in [0.2, 0.25) is 0 Å². The lowest BCUT2D eigenvalue weighted by Crippen LogP contribution is -1.85. The summed E-state index contributed by atoms with van der Waals surface area (Å²) in [7, 11) is 0. The molecular weight excluding hydrogens is 174 g/mol. The largest absolute Gasteiger partial charge is 0.259 e. The monoisotopic (exact) mass is 189 g/mol. The van der Waals surface area contributed by atoms with Crippen molar-refractivity contribution in [1.29, 1.82) is 0 Å². The topological polar surface area (TPSA) is 38.1 Å². The molecule has 0 aliphatic rings. The number of hydrogen-bond acceptors (Lipinski definition) is 3. The van der Waals surface area contributed by atoms with Crippen LogP contribution in [-0.4, -0.2) is 16.4 Å². The van der Waals surface area contributed by atoms with Gasteiger partial charge in [-0.2, -0.15) is 5.10 Å². The van der Waals surface area contributed by atoms with Crippen LogP contribution < -0.4 is 0 Å². The minimum atomic E-state index is 0.832. The molecule has 0 fully saturated rings. The first kappa shape index (κ1) is 10.6. The number of rotatable bonds is 4. The van der Waals surface area contributed by atoms with Crippen LogP contribution in [0.5, 0.6) is 0 Å². The Morgan fingerprint density at radius 3 is 2.93 bits per heavy atom. The Hall–Kier alpha value is -1.51. The van der Waals surface area contributed by atoms with Gasteiger partial charge in [0.05, 0.1) is 11.9 Å². The van der Waals surface area contributed by atoms with Gasteiger partial charge in [-0.3, -0.25) is 4.99 Å². The van der Waals surface area contributed by atoms with E-state index < -0.39 is 0 Å². The Morgan fingerprint density at radius 1 is 1.36 bits per heavy atom. The molecule has 0 saturated carbocycles. The van der Waals surface area contributed by atoms with E-state index in [4.69, 9.17) is 0 Å². The quantitative estimate of drug-likeness (QED) is 0.683. The van der Waals surface area contributed by atoms with Gasteiger partial charge < -0.3 is 0 Å². The smallest absolute Gasteiger partial charge is 0.111 e. The molecule has 0 aliphatic carbocycles. The van der Waals surface area contributed by atoms with Gasteiger partial charge in [-0.05, 0) is 25.0 Å². The average molecular weight is 189 g/mol. The third-order valence-electron chi connectivity index (χ3n) is 1.65. The summed E-state index contributed by atoms with van der Waals surface area (Å²) in [6.07, 6.45) is 9.46. The summed E-state index contributed by atoms with van der Waals surface area (Å²) in [5.74, 6) is 0. The average Bonchev–Trinajstić information content (AvgIpc) is 2.24. The van der Waals surface area contributed by atoms with Crippen LogP contribution >= 0.6 is 0 Å². The molecule has 0 spiro atoms. The molecule has 0 atom stereocenters. The Kier molecular flexibility index (Phi) is 4.55. The molecule has 0 bridgehead atoms. The molecule has 0 radical (unpaired) electrons. The van der Waals surface area contributed by atoms with Gasteiger partial charge in [-0.1, -0.05) is 19.9 Å². The van der Waals surface area contributed by atoms with Crippen molar-refractivity contribution in [2.45, 2.75) is 26.7 Å². The molecule has 14 heavy (non-hydrogen) atoms. The minimum Gasteiger partial charge on any atom is -0.259 e. The zero-order valence-electron chi connectivity index (χ0n) is 8.64. The molecule has 1 rings (SSSR count). The Morgan fingerprint density at radius 2 is 2.21 bits per heavy atom. The second kappa shape index (κ2) is 6.02. The van der Waals surface area contributed by atoms with Crippen LogP contribution in [-0.2, 0) is 0 Å². The fourth-order valence-electron chi connectivity index (χ4n) is 0.983. The van der Waals surface area contributed by atoms with E-state index in [2.05, 4.69) is 35.1 Å². The molecule has 1 aromatic heterocycles. The van der Waals surface area contributed by atoms with Crippen LogP contribution in [0, 0.1) is 0 Å². The third kappa shape index (κ3) is 3.09. The molecular formula is C11H15N3. The standard InChI is InChI=1S/C11H15N3/c1-3-5-6-11-10(12-8-4-2)7-9-13-14-11/h5-9H,3-4H2,1-2H3/b6-5-,12-8?. The predicted octanol–water partition coefficient (Wildman–Crippen LogP) is 3.01. The van der Waals surface area contributed by atoms with E-state index in [1.807, 2.05) is 18.4 Å². The zero-order valence-corrected chi connectivity index (χ0v) is 8.64. The number of nitrogens with zero attached hydrogens (tertiary/aromatic N) is 3. The minimum absolute atomic E-state index is 0.832. The molecule has 74 valence electrons. The summed E-state index contributed by atoms with van der Waals surface area (Å²) >= 11 is 0. The van der Waals surface area contributed by atoms with Gasteiger partial charge in [-0.15, -0.1) is 5.10 Å². The van der Waals surface area contributed by atoms with Gasteiger partial charge in [0.15, 0.2) is 0 Å². The van der Waals surface area contributed by atoms with Crippen molar-refractivity contribution in [1.82, 2.24) is 10.2 Å². The van der Waals surface area contributed by atoms with E-state index in [9.17, 15) is 0 Å². The van der Waals surface area contributed by atoms with E-state index in [0.29, 0.717) is 0 Å². The van der Waals surface area contributed by atoms with E-state index in [1.165, 1.54) is 0 Å². The third-order valence-corrected chi connectivity index (χ3v) is 1.65. The van der Waals surface area contributed by atoms with Crippen LogP contribution in [0.1, 0.15) is 32.4 Å². The lowest BCUT2D eigenvalue weighted by Gasteiger charge is -1.96. The molecule has 0 saturated heterocycles. The molecule has 0 N–H and O–H groups in total. The highest BCUT2D eigenvalue weighted by atomic mass is 15.1. The van der Waals surface area contributed by atoms with Crippen LogP contribution in [0.25, 0.3) is 6.08 Å². The second-order valence-electron chi connectivity index (χ2n) is 2.83. The molecule has 0 amide bonds. The van der Waals surface area contributed by atoms with Crippen molar-refractivity contribution in [3.05, 3.63) is 24.0 Å². The fourth-order valence-corrected chi connectivity index (χ4v) is 0.983. The van der Waals surface area contributed by atoms with Crippen LogP contribution in [0.4, 0.5) is 5.69 Å². The summed E-state index contributed by atoms with van der Waals surface area (Å²) in [6.45, 7) is 4.14. The van der Waals surface area contributed by atoms with Crippen molar-refractivity contribution in [2.75, 3.05) is 0 Å². The molecule has 0 unspecified atom stereocenters. The van der Waals surface area contributed by atoms with E-state index in [0.717, 1.165) is 24.2 Å². The normalized spacial score (nSPS) is 11.6.